The summed E-state index contributed by atoms with van der Waals surface area (Å²) in [4.78, 5) is -0.165. The van der Waals surface area contributed by atoms with Crippen molar-refractivity contribution in [3.05, 3.63) is 91.0 Å². The SMILES string of the molecule is O=S(=O)(OCCN(CCOS(=O)(=O)c1ccccc1)S(=O)(=O)c1ccccc1)c1ccccc1. The van der Waals surface area contributed by atoms with Crippen LogP contribution in [0.1, 0.15) is 0 Å². The minimum absolute atomic E-state index is 0.0353. The van der Waals surface area contributed by atoms with Crippen LogP contribution in [-0.2, 0) is 38.6 Å². The maximum atomic E-state index is 13.1. The lowest BCUT2D eigenvalue weighted by Crippen LogP contribution is -2.37. The molecular formula is C22H23NO8S3. The summed E-state index contributed by atoms with van der Waals surface area (Å²) in [5, 5.41) is 0. The van der Waals surface area contributed by atoms with Crippen molar-refractivity contribution in [1.82, 2.24) is 4.31 Å². The third-order valence-corrected chi connectivity index (χ3v) is 9.17. The second-order valence-electron chi connectivity index (χ2n) is 6.90. The Morgan fingerprint density at radius 3 is 1.18 bits per heavy atom. The Labute approximate surface area is 199 Å². The molecule has 3 rings (SSSR count). The van der Waals surface area contributed by atoms with Crippen molar-refractivity contribution in [2.75, 3.05) is 26.3 Å². The van der Waals surface area contributed by atoms with Gasteiger partial charge in [0.2, 0.25) is 10.0 Å². The highest BCUT2D eigenvalue weighted by Gasteiger charge is 2.26. The molecule has 0 aliphatic carbocycles. The normalized spacial score (nSPS) is 12.6. The summed E-state index contributed by atoms with van der Waals surface area (Å²) < 4.78 is 86.5. The van der Waals surface area contributed by atoms with E-state index in [1.165, 1.54) is 72.8 Å². The zero-order valence-corrected chi connectivity index (χ0v) is 20.4. The molecule has 3 aromatic rings. The predicted octanol–water partition coefficient (Wildman–Crippen LogP) is 2.49. The molecule has 0 amide bonds. The van der Waals surface area contributed by atoms with Gasteiger partial charge in [-0.15, -0.1) is 0 Å². The standard InChI is InChI=1S/C22H23NO8S3/c24-32(25,20-10-4-1-5-11-20)23(16-18-30-33(26,27)21-12-6-2-7-13-21)17-19-31-34(28,29)22-14-8-3-9-15-22/h1-15H,16-19H2. The molecule has 3 aromatic carbocycles. The lowest BCUT2D eigenvalue weighted by molar-refractivity contribution is 0.242. The first kappa shape index (κ1) is 26.0. The number of nitrogens with zero attached hydrogens (tertiary/aromatic N) is 1. The summed E-state index contributed by atoms with van der Waals surface area (Å²) in [5.41, 5.74) is 0. The highest BCUT2D eigenvalue weighted by Crippen LogP contribution is 2.17. The van der Waals surface area contributed by atoms with Gasteiger partial charge in [-0.2, -0.15) is 21.1 Å². The third-order valence-electron chi connectivity index (χ3n) is 4.60. The van der Waals surface area contributed by atoms with E-state index < -0.39 is 43.5 Å². The summed E-state index contributed by atoms with van der Waals surface area (Å²) in [6.07, 6.45) is 0. The van der Waals surface area contributed by atoms with Crippen LogP contribution in [0.2, 0.25) is 0 Å². The van der Waals surface area contributed by atoms with Gasteiger partial charge in [-0.1, -0.05) is 54.6 Å². The summed E-state index contributed by atoms with van der Waals surface area (Å²) in [6.45, 7) is -1.65. The molecule has 0 aliphatic rings. The quantitative estimate of drug-likeness (QED) is 0.330. The molecule has 0 spiro atoms. The first-order valence-corrected chi connectivity index (χ1v) is 14.3. The Kier molecular flexibility index (Phi) is 8.57. The van der Waals surface area contributed by atoms with Crippen LogP contribution in [0.15, 0.2) is 106 Å². The van der Waals surface area contributed by atoms with Crippen LogP contribution >= 0.6 is 0 Å². The fraction of sp³-hybridized carbons (Fsp3) is 0.182. The molecule has 9 nitrogen and oxygen atoms in total. The molecule has 0 saturated carbocycles. The van der Waals surface area contributed by atoms with Crippen molar-refractivity contribution in [1.29, 1.82) is 0 Å². The number of sulfonamides is 1. The molecule has 12 heteroatoms. The summed E-state index contributed by atoms with van der Waals surface area (Å²) >= 11 is 0. The second kappa shape index (κ2) is 11.2. The van der Waals surface area contributed by atoms with Crippen LogP contribution in [0.5, 0.6) is 0 Å². The molecule has 0 aliphatic heterocycles. The van der Waals surface area contributed by atoms with E-state index in [9.17, 15) is 25.3 Å². The largest absolute Gasteiger partial charge is 0.297 e. The Morgan fingerprint density at radius 1 is 0.500 bits per heavy atom. The maximum Gasteiger partial charge on any atom is 0.297 e. The second-order valence-corrected chi connectivity index (χ2v) is 12.1. The van der Waals surface area contributed by atoms with Crippen LogP contribution in [0, 0.1) is 0 Å². The fourth-order valence-corrected chi connectivity index (χ4v) is 6.17. The van der Waals surface area contributed by atoms with Crippen LogP contribution in [0.4, 0.5) is 0 Å². The minimum atomic E-state index is -4.09. The van der Waals surface area contributed by atoms with Crippen molar-refractivity contribution >= 4 is 30.3 Å². The Balaban J connectivity index is 1.72. The van der Waals surface area contributed by atoms with Crippen molar-refractivity contribution in [2.45, 2.75) is 14.7 Å². The first-order chi connectivity index (χ1) is 16.1. The van der Waals surface area contributed by atoms with Gasteiger partial charge in [0.25, 0.3) is 20.2 Å². The predicted molar refractivity (Wildman–Crippen MR) is 124 cm³/mol. The number of rotatable bonds is 12. The van der Waals surface area contributed by atoms with Gasteiger partial charge in [0.15, 0.2) is 0 Å². The van der Waals surface area contributed by atoms with Crippen LogP contribution in [0.25, 0.3) is 0 Å². The number of benzene rings is 3. The maximum absolute atomic E-state index is 13.1. The van der Waals surface area contributed by atoms with E-state index in [-0.39, 0.29) is 27.8 Å². The molecule has 0 radical (unpaired) electrons. The van der Waals surface area contributed by atoms with E-state index >= 15 is 0 Å². The molecule has 0 unspecified atom stereocenters. The van der Waals surface area contributed by atoms with Gasteiger partial charge < -0.3 is 0 Å². The number of hydrogen-bond donors (Lipinski definition) is 0. The number of hydrogen-bond acceptors (Lipinski definition) is 8. The summed E-state index contributed by atoms with van der Waals surface area (Å²) in [5.74, 6) is 0. The average Bonchev–Trinajstić information content (AvgIpc) is 2.84. The molecule has 0 fully saturated rings. The molecule has 34 heavy (non-hydrogen) atoms. The Morgan fingerprint density at radius 2 is 0.824 bits per heavy atom. The van der Waals surface area contributed by atoms with Crippen LogP contribution in [0.3, 0.4) is 0 Å². The molecule has 0 saturated heterocycles. The van der Waals surface area contributed by atoms with Crippen LogP contribution in [-0.4, -0.2) is 55.9 Å². The Bertz CT molecular complexity index is 1300. The first-order valence-electron chi connectivity index (χ1n) is 10.1. The van der Waals surface area contributed by atoms with E-state index in [0.29, 0.717) is 0 Å². The van der Waals surface area contributed by atoms with E-state index in [0.717, 1.165) is 4.31 Å². The molecule has 182 valence electrons. The average molecular weight is 526 g/mol. The summed E-state index contributed by atoms with van der Waals surface area (Å²) in [7, 11) is -12.3. The van der Waals surface area contributed by atoms with E-state index in [2.05, 4.69) is 0 Å². The van der Waals surface area contributed by atoms with Crippen molar-refractivity contribution in [3.63, 3.8) is 0 Å². The van der Waals surface area contributed by atoms with E-state index in [1.807, 2.05) is 0 Å². The zero-order chi connectivity index (χ0) is 24.7. The topological polar surface area (TPSA) is 124 Å². The van der Waals surface area contributed by atoms with Gasteiger partial charge in [-0.3, -0.25) is 8.37 Å². The van der Waals surface area contributed by atoms with Crippen molar-refractivity contribution in [2.24, 2.45) is 0 Å². The molecule has 0 N–H and O–H groups in total. The molecular weight excluding hydrogens is 502 g/mol. The lowest BCUT2D eigenvalue weighted by Gasteiger charge is -2.22. The van der Waals surface area contributed by atoms with E-state index in [4.69, 9.17) is 8.37 Å². The van der Waals surface area contributed by atoms with Crippen molar-refractivity contribution in [3.8, 4) is 0 Å². The monoisotopic (exact) mass is 525 g/mol. The third kappa shape index (κ3) is 6.72. The van der Waals surface area contributed by atoms with Crippen LogP contribution < -0.4 is 0 Å². The fourth-order valence-electron chi connectivity index (χ4n) is 2.90. The van der Waals surface area contributed by atoms with Gasteiger partial charge >= 0.3 is 0 Å². The highest BCUT2D eigenvalue weighted by molar-refractivity contribution is 7.89. The molecule has 0 bridgehead atoms. The lowest BCUT2D eigenvalue weighted by atomic mass is 10.4. The molecule has 0 heterocycles. The van der Waals surface area contributed by atoms with Gasteiger partial charge in [0, 0.05) is 13.1 Å². The zero-order valence-electron chi connectivity index (χ0n) is 17.9. The minimum Gasteiger partial charge on any atom is -0.265 e. The van der Waals surface area contributed by atoms with Gasteiger partial charge in [0.05, 0.1) is 27.9 Å². The van der Waals surface area contributed by atoms with Gasteiger partial charge in [-0.25, -0.2) is 8.42 Å². The smallest absolute Gasteiger partial charge is 0.265 e. The Hall–Kier alpha value is -2.61. The summed E-state index contributed by atoms with van der Waals surface area (Å²) in [6, 6.07) is 22.4. The van der Waals surface area contributed by atoms with Gasteiger partial charge in [-0.05, 0) is 36.4 Å². The van der Waals surface area contributed by atoms with Gasteiger partial charge in [0.1, 0.15) is 0 Å². The van der Waals surface area contributed by atoms with Crippen molar-refractivity contribution < 1.29 is 33.6 Å². The van der Waals surface area contributed by atoms with E-state index in [1.54, 1.807) is 18.2 Å². The molecule has 0 atom stereocenters. The molecule has 0 aromatic heterocycles. The highest BCUT2D eigenvalue weighted by atomic mass is 32.2.